The van der Waals surface area contributed by atoms with E-state index in [2.05, 4.69) is 10.2 Å². The molecule has 6 nitrogen and oxygen atoms in total. The highest BCUT2D eigenvalue weighted by Gasteiger charge is 2.22. The van der Waals surface area contributed by atoms with Crippen LogP contribution < -0.4 is 9.47 Å². The minimum absolute atomic E-state index is 0.223. The van der Waals surface area contributed by atoms with Gasteiger partial charge in [0.25, 0.3) is 0 Å². The van der Waals surface area contributed by atoms with E-state index in [4.69, 9.17) is 18.6 Å². The smallest absolute Gasteiger partial charge is 0.221 e. The zero-order chi connectivity index (χ0) is 15.4. The van der Waals surface area contributed by atoms with Crippen molar-refractivity contribution in [1.82, 2.24) is 10.2 Å². The molecular formula is C16H20N2O4. The molecule has 2 heterocycles. The number of hydrogen-bond acceptors (Lipinski definition) is 6. The Balaban J connectivity index is 1.72. The lowest BCUT2D eigenvalue weighted by molar-refractivity contribution is 0.0722. The number of methoxy groups -OCH3 is 2. The van der Waals surface area contributed by atoms with Crippen LogP contribution in [0.1, 0.15) is 36.1 Å². The lowest BCUT2D eigenvalue weighted by Gasteiger charge is -2.18. The predicted molar refractivity (Wildman–Crippen MR) is 79.4 cm³/mol. The summed E-state index contributed by atoms with van der Waals surface area (Å²) in [5.41, 5.74) is 1.03. The predicted octanol–water partition coefficient (Wildman–Crippen LogP) is 2.57. The van der Waals surface area contributed by atoms with E-state index in [1.54, 1.807) is 14.2 Å². The molecule has 6 heteroatoms. The summed E-state index contributed by atoms with van der Waals surface area (Å²) in [5, 5.41) is 8.30. The molecule has 1 atom stereocenters. The molecule has 118 valence electrons. The van der Waals surface area contributed by atoms with Crippen LogP contribution in [0.3, 0.4) is 0 Å². The second kappa shape index (κ2) is 6.79. The molecule has 2 aromatic rings. The van der Waals surface area contributed by atoms with Gasteiger partial charge in [-0.3, -0.25) is 0 Å². The van der Waals surface area contributed by atoms with Crippen LogP contribution in [0.15, 0.2) is 22.6 Å². The summed E-state index contributed by atoms with van der Waals surface area (Å²) >= 11 is 0. The molecule has 0 bridgehead atoms. The highest BCUT2D eigenvalue weighted by Crippen LogP contribution is 2.29. The summed E-state index contributed by atoms with van der Waals surface area (Å²) < 4.78 is 21.8. The maximum atomic E-state index is 5.78. The van der Waals surface area contributed by atoms with Gasteiger partial charge >= 0.3 is 0 Å². The Bertz CT molecular complexity index is 620. The Labute approximate surface area is 129 Å². The molecule has 0 aliphatic carbocycles. The molecule has 0 spiro atoms. The number of ether oxygens (including phenoxy) is 3. The number of nitrogens with zero attached hydrogens (tertiary/aromatic N) is 2. The third-order valence-electron chi connectivity index (χ3n) is 3.80. The number of rotatable bonds is 5. The normalized spacial score (nSPS) is 18.2. The molecule has 0 radical (unpaired) electrons. The summed E-state index contributed by atoms with van der Waals surface area (Å²) in [5.74, 6) is 2.90. The van der Waals surface area contributed by atoms with Gasteiger partial charge in [0, 0.05) is 6.61 Å². The van der Waals surface area contributed by atoms with E-state index in [0.717, 1.165) is 25.0 Å². The Hall–Kier alpha value is -2.08. The largest absolute Gasteiger partial charge is 0.493 e. The number of hydrogen-bond donors (Lipinski definition) is 0. The molecule has 1 unspecified atom stereocenters. The van der Waals surface area contributed by atoms with Gasteiger partial charge in [-0.1, -0.05) is 6.07 Å². The van der Waals surface area contributed by atoms with Crippen molar-refractivity contribution in [2.24, 2.45) is 0 Å². The molecule has 1 aliphatic heterocycles. The van der Waals surface area contributed by atoms with Crippen molar-refractivity contribution >= 4 is 0 Å². The molecule has 0 amide bonds. The first kappa shape index (κ1) is 14.8. The van der Waals surface area contributed by atoms with Crippen LogP contribution in [0.2, 0.25) is 0 Å². The Morgan fingerprint density at radius 1 is 1.18 bits per heavy atom. The lowest BCUT2D eigenvalue weighted by Crippen LogP contribution is -2.15. The van der Waals surface area contributed by atoms with E-state index in [1.807, 2.05) is 18.2 Å². The molecule has 1 aromatic carbocycles. The summed E-state index contributed by atoms with van der Waals surface area (Å²) in [6.07, 6.45) is 2.65. The minimum Gasteiger partial charge on any atom is -0.493 e. The van der Waals surface area contributed by atoms with Crippen molar-refractivity contribution < 1.29 is 18.6 Å². The molecule has 0 N–H and O–H groups in total. The fourth-order valence-corrected chi connectivity index (χ4v) is 2.60. The van der Waals surface area contributed by atoms with Crippen molar-refractivity contribution in [1.29, 1.82) is 0 Å². The van der Waals surface area contributed by atoms with Gasteiger partial charge in [-0.25, -0.2) is 0 Å². The monoisotopic (exact) mass is 304 g/mol. The molecule has 1 aliphatic rings. The topological polar surface area (TPSA) is 66.6 Å². The molecule has 1 aromatic heterocycles. The molecular weight excluding hydrogens is 284 g/mol. The highest BCUT2D eigenvalue weighted by molar-refractivity contribution is 5.43. The Kier molecular flexibility index (Phi) is 4.58. The van der Waals surface area contributed by atoms with E-state index in [0.29, 0.717) is 36.3 Å². The van der Waals surface area contributed by atoms with Crippen LogP contribution in [0.25, 0.3) is 0 Å². The summed E-state index contributed by atoms with van der Waals surface area (Å²) in [7, 11) is 3.24. The van der Waals surface area contributed by atoms with Gasteiger partial charge in [0.2, 0.25) is 11.8 Å². The number of benzene rings is 1. The molecule has 22 heavy (non-hydrogen) atoms. The Morgan fingerprint density at radius 3 is 2.77 bits per heavy atom. The van der Waals surface area contributed by atoms with Crippen LogP contribution in [0.4, 0.5) is 0 Å². The molecule has 3 rings (SSSR count). The standard InChI is InChI=1S/C16H20N2O4/c1-19-13-6-5-11(8-14(13)20-2)9-15-17-18-16(22-15)12-4-3-7-21-10-12/h5-6,8,12H,3-4,7,9-10H2,1-2H3. The van der Waals surface area contributed by atoms with E-state index in [9.17, 15) is 0 Å². The third-order valence-corrected chi connectivity index (χ3v) is 3.80. The third kappa shape index (κ3) is 3.22. The van der Waals surface area contributed by atoms with Gasteiger partial charge in [-0.2, -0.15) is 0 Å². The van der Waals surface area contributed by atoms with Crippen LogP contribution in [0.5, 0.6) is 11.5 Å². The van der Waals surface area contributed by atoms with Crippen molar-refractivity contribution in [2.75, 3.05) is 27.4 Å². The first-order chi connectivity index (χ1) is 10.8. The van der Waals surface area contributed by atoms with Crippen LogP contribution in [-0.2, 0) is 11.2 Å². The van der Waals surface area contributed by atoms with E-state index >= 15 is 0 Å². The zero-order valence-electron chi connectivity index (χ0n) is 12.9. The van der Waals surface area contributed by atoms with Gasteiger partial charge in [0.15, 0.2) is 11.5 Å². The zero-order valence-corrected chi connectivity index (χ0v) is 12.9. The number of aromatic nitrogens is 2. The van der Waals surface area contributed by atoms with Gasteiger partial charge in [0.1, 0.15) is 0 Å². The summed E-state index contributed by atoms with van der Waals surface area (Å²) in [4.78, 5) is 0. The van der Waals surface area contributed by atoms with E-state index in [1.165, 1.54) is 0 Å². The van der Waals surface area contributed by atoms with Crippen LogP contribution in [-0.4, -0.2) is 37.6 Å². The highest BCUT2D eigenvalue weighted by atomic mass is 16.5. The lowest BCUT2D eigenvalue weighted by atomic mass is 10.0. The fourth-order valence-electron chi connectivity index (χ4n) is 2.60. The van der Waals surface area contributed by atoms with Crippen LogP contribution >= 0.6 is 0 Å². The maximum Gasteiger partial charge on any atom is 0.221 e. The quantitative estimate of drug-likeness (QED) is 0.846. The summed E-state index contributed by atoms with van der Waals surface area (Å²) in [6, 6.07) is 5.77. The first-order valence-electron chi connectivity index (χ1n) is 7.41. The van der Waals surface area contributed by atoms with Crippen molar-refractivity contribution in [3.05, 3.63) is 35.5 Å². The van der Waals surface area contributed by atoms with Crippen molar-refractivity contribution in [2.45, 2.75) is 25.2 Å². The SMILES string of the molecule is COc1ccc(Cc2nnc(C3CCCOC3)o2)cc1OC. The molecule has 0 saturated carbocycles. The Morgan fingerprint density at radius 2 is 2.05 bits per heavy atom. The molecule has 1 saturated heterocycles. The second-order valence-electron chi connectivity index (χ2n) is 5.31. The fraction of sp³-hybridized carbons (Fsp3) is 0.500. The molecule has 1 fully saturated rings. The van der Waals surface area contributed by atoms with Gasteiger partial charge in [-0.15, -0.1) is 10.2 Å². The first-order valence-corrected chi connectivity index (χ1v) is 7.41. The van der Waals surface area contributed by atoms with Crippen molar-refractivity contribution in [3.8, 4) is 11.5 Å². The maximum absolute atomic E-state index is 5.78. The van der Waals surface area contributed by atoms with Crippen LogP contribution in [0, 0.1) is 0 Å². The minimum atomic E-state index is 0.223. The van der Waals surface area contributed by atoms with Crippen molar-refractivity contribution in [3.63, 3.8) is 0 Å². The van der Waals surface area contributed by atoms with E-state index in [-0.39, 0.29) is 5.92 Å². The average molecular weight is 304 g/mol. The van der Waals surface area contributed by atoms with Gasteiger partial charge in [-0.05, 0) is 30.5 Å². The van der Waals surface area contributed by atoms with Gasteiger partial charge in [0.05, 0.1) is 33.2 Å². The summed E-state index contributed by atoms with van der Waals surface area (Å²) in [6.45, 7) is 1.49. The average Bonchev–Trinajstić information content (AvgIpc) is 3.04. The second-order valence-corrected chi connectivity index (χ2v) is 5.31. The van der Waals surface area contributed by atoms with E-state index < -0.39 is 0 Å². The van der Waals surface area contributed by atoms with Gasteiger partial charge < -0.3 is 18.6 Å².